The lowest BCUT2D eigenvalue weighted by Crippen LogP contribution is -2.58. The monoisotopic (exact) mass is 636 g/mol. The van der Waals surface area contributed by atoms with Crippen LogP contribution in [0, 0.1) is 23.7 Å². The van der Waals surface area contributed by atoms with Gasteiger partial charge in [-0.3, -0.25) is 14.4 Å². The van der Waals surface area contributed by atoms with Gasteiger partial charge in [0.25, 0.3) is 0 Å². The van der Waals surface area contributed by atoms with Crippen molar-refractivity contribution in [1.82, 2.24) is 0 Å². The van der Waals surface area contributed by atoms with Crippen LogP contribution in [0.2, 0.25) is 0 Å². The zero-order chi connectivity index (χ0) is 33.4. The first-order valence-electron chi connectivity index (χ1n) is 18.1. The van der Waals surface area contributed by atoms with Crippen molar-refractivity contribution in [3.63, 3.8) is 0 Å². The number of hydrogen-bond acceptors (Lipinski definition) is 8. The van der Waals surface area contributed by atoms with Gasteiger partial charge in [-0.1, -0.05) is 78.6 Å². The van der Waals surface area contributed by atoms with E-state index in [1.807, 2.05) is 13.8 Å². The molecule has 1 saturated carbocycles. The normalized spacial score (nSPS) is 36.4. The van der Waals surface area contributed by atoms with E-state index in [1.54, 1.807) is 6.92 Å². The first-order valence-corrected chi connectivity index (χ1v) is 18.1. The molecule has 2 heterocycles. The minimum atomic E-state index is -1.39. The lowest BCUT2D eigenvalue weighted by molar-refractivity contribution is -0.185. The van der Waals surface area contributed by atoms with Crippen LogP contribution in [0.5, 0.6) is 0 Å². The molecular weight excluding hydrogens is 572 g/mol. The summed E-state index contributed by atoms with van der Waals surface area (Å²) < 4.78 is 25.0. The van der Waals surface area contributed by atoms with Gasteiger partial charge in [-0.2, -0.15) is 0 Å². The van der Waals surface area contributed by atoms with Crippen LogP contribution in [0.15, 0.2) is 0 Å². The van der Waals surface area contributed by atoms with Crippen molar-refractivity contribution >= 4 is 17.9 Å². The molecule has 2 saturated heterocycles. The van der Waals surface area contributed by atoms with E-state index in [9.17, 15) is 19.5 Å². The summed E-state index contributed by atoms with van der Waals surface area (Å²) in [6, 6.07) is 0. The third-order valence-corrected chi connectivity index (χ3v) is 11.1. The Morgan fingerprint density at radius 2 is 1.36 bits per heavy atom. The number of unbranched alkanes of at least 4 members (excludes halogenated alkanes) is 9. The highest BCUT2D eigenvalue weighted by Crippen LogP contribution is 2.58. The highest BCUT2D eigenvalue weighted by molar-refractivity contribution is 5.69. The molecule has 3 aliphatic rings. The molecule has 1 aliphatic carbocycles. The van der Waals surface area contributed by atoms with Crippen LogP contribution in [-0.4, -0.2) is 58.1 Å². The van der Waals surface area contributed by atoms with Gasteiger partial charge in [0.15, 0.2) is 0 Å². The van der Waals surface area contributed by atoms with Gasteiger partial charge >= 0.3 is 17.9 Å². The largest absolute Gasteiger partial charge is 0.459 e. The molecule has 45 heavy (non-hydrogen) atoms. The molecule has 2 bridgehead atoms. The Hall–Kier alpha value is -1.67. The zero-order valence-electron chi connectivity index (χ0n) is 29.7. The van der Waals surface area contributed by atoms with Crippen LogP contribution in [0.4, 0.5) is 0 Å². The highest BCUT2D eigenvalue weighted by Gasteiger charge is 2.65. The summed E-state index contributed by atoms with van der Waals surface area (Å²) in [7, 11) is 0. The van der Waals surface area contributed by atoms with Gasteiger partial charge in [0.05, 0.1) is 6.10 Å². The number of ether oxygens (including phenoxy) is 4. The Bertz CT molecular complexity index is 977. The fourth-order valence-corrected chi connectivity index (χ4v) is 8.86. The Kier molecular flexibility index (Phi) is 13.8. The lowest BCUT2D eigenvalue weighted by atomic mass is 9.57. The van der Waals surface area contributed by atoms with Gasteiger partial charge in [-0.25, -0.2) is 0 Å². The third kappa shape index (κ3) is 9.92. The number of fused-ring (bicyclic) bond motifs is 5. The van der Waals surface area contributed by atoms with E-state index in [0.717, 1.165) is 25.7 Å². The third-order valence-electron chi connectivity index (χ3n) is 11.1. The van der Waals surface area contributed by atoms with E-state index in [4.69, 9.17) is 18.9 Å². The molecule has 9 unspecified atom stereocenters. The predicted molar refractivity (Wildman–Crippen MR) is 174 cm³/mol. The molecule has 3 fully saturated rings. The van der Waals surface area contributed by atoms with Gasteiger partial charge in [0.2, 0.25) is 0 Å². The summed E-state index contributed by atoms with van der Waals surface area (Å²) >= 11 is 0. The maximum atomic E-state index is 13.1. The van der Waals surface area contributed by atoms with Crippen molar-refractivity contribution in [2.75, 3.05) is 0 Å². The molecule has 260 valence electrons. The van der Waals surface area contributed by atoms with Crippen molar-refractivity contribution in [3.8, 4) is 0 Å². The van der Waals surface area contributed by atoms with Crippen molar-refractivity contribution < 1.29 is 38.4 Å². The van der Waals surface area contributed by atoms with Crippen molar-refractivity contribution in [1.29, 1.82) is 0 Å². The van der Waals surface area contributed by atoms with Crippen LogP contribution in [0.25, 0.3) is 0 Å². The quantitative estimate of drug-likeness (QED) is 0.110. The second kappa shape index (κ2) is 16.4. The molecule has 0 radical (unpaired) electrons. The summed E-state index contributed by atoms with van der Waals surface area (Å²) in [4.78, 5) is 37.9. The SMILES string of the molecule is CCCCCCCCCCCCC(=O)OC1CCC(C)(OC(C)=O)C2OC(CC1(C)O)C1C2C(C(C)C)CCC1(C)OC(C)=O. The maximum absolute atomic E-state index is 13.1. The molecular formula is C37H64O8. The molecule has 0 aromatic rings. The average Bonchev–Trinajstić information content (AvgIpc) is 3.32. The zero-order valence-corrected chi connectivity index (χ0v) is 29.7. The number of carbonyl (C=O) groups is 3. The summed E-state index contributed by atoms with van der Waals surface area (Å²) in [6.07, 6.45) is 12.9. The minimum Gasteiger partial charge on any atom is -0.459 e. The van der Waals surface area contributed by atoms with E-state index in [0.29, 0.717) is 31.6 Å². The van der Waals surface area contributed by atoms with Gasteiger partial charge < -0.3 is 24.1 Å². The number of esters is 3. The van der Waals surface area contributed by atoms with Gasteiger partial charge in [0, 0.05) is 38.5 Å². The predicted octanol–water partition coefficient (Wildman–Crippen LogP) is 7.85. The molecule has 8 nitrogen and oxygen atoms in total. The Morgan fingerprint density at radius 3 is 1.91 bits per heavy atom. The summed E-state index contributed by atoms with van der Waals surface area (Å²) in [5, 5.41) is 12.0. The molecule has 0 aromatic carbocycles. The van der Waals surface area contributed by atoms with E-state index in [2.05, 4.69) is 20.8 Å². The average molecular weight is 637 g/mol. The maximum Gasteiger partial charge on any atom is 0.306 e. The first kappa shape index (κ1) is 37.8. The van der Waals surface area contributed by atoms with Crippen molar-refractivity contribution in [2.24, 2.45) is 23.7 Å². The summed E-state index contributed by atoms with van der Waals surface area (Å²) in [6.45, 7) is 15.1. The molecule has 0 amide bonds. The first-order chi connectivity index (χ1) is 21.1. The van der Waals surface area contributed by atoms with E-state index < -0.39 is 41.1 Å². The summed E-state index contributed by atoms with van der Waals surface area (Å²) in [5.74, 6) is -0.697. The van der Waals surface area contributed by atoms with Crippen molar-refractivity contribution in [3.05, 3.63) is 0 Å². The highest BCUT2D eigenvalue weighted by atomic mass is 16.6. The van der Waals surface area contributed by atoms with Crippen LogP contribution < -0.4 is 0 Å². The van der Waals surface area contributed by atoms with E-state index in [-0.39, 0.29) is 36.1 Å². The second-order valence-corrected chi connectivity index (χ2v) is 15.5. The van der Waals surface area contributed by atoms with Crippen LogP contribution in [0.1, 0.15) is 158 Å². The Morgan fingerprint density at radius 1 is 0.822 bits per heavy atom. The fourth-order valence-electron chi connectivity index (χ4n) is 8.86. The Balaban J connectivity index is 1.76. The number of aliphatic hydroxyl groups is 1. The van der Waals surface area contributed by atoms with E-state index >= 15 is 0 Å². The fraction of sp³-hybridized carbons (Fsp3) is 0.919. The molecule has 8 heteroatoms. The topological polar surface area (TPSA) is 108 Å². The number of rotatable bonds is 15. The van der Waals surface area contributed by atoms with Crippen LogP contribution in [0.3, 0.4) is 0 Å². The number of hydrogen-bond donors (Lipinski definition) is 1. The Labute approximate surface area is 273 Å². The lowest BCUT2D eigenvalue weighted by Gasteiger charge is -2.51. The van der Waals surface area contributed by atoms with Crippen molar-refractivity contribution in [2.45, 2.75) is 193 Å². The van der Waals surface area contributed by atoms with E-state index in [1.165, 1.54) is 58.8 Å². The summed E-state index contributed by atoms with van der Waals surface area (Å²) in [5.41, 5.74) is -3.19. The molecule has 0 aromatic heterocycles. The van der Waals surface area contributed by atoms with Crippen LogP contribution >= 0.6 is 0 Å². The van der Waals surface area contributed by atoms with Gasteiger partial charge in [-0.15, -0.1) is 0 Å². The van der Waals surface area contributed by atoms with Gasteiger partial charge in [-0.05, 0) is 64.7 Å². The molecule has 2 aliphatic heterocycles. The molecule has 0 spiro atoms. The molecule has 9 atom stereocenters. The standard InChI is InChI=1S/C37H64O8/c1-9-10-11-12-13-14-15-16-17-18-19-31(40)43-30-21-23-37(8,45-27(5)39)34-32-28(25(2)3)20-22-36(7,44-26(4)38)33(32)29(42-34)24-35(30,6)41/h25,28-30,32-34,41H,9-24H2,1-8H3. The second-order valence-electron chi connectivity index (χ2n) is 15.5. The van der Waals surface area contributed by atoms with Crippen LogP contribution in [-0.2, 0) is 33.3 Å². The number of carbonyl (C=O) groups excluding carboxylic acids is 3. The van der Waals surface area contributed by atoms with Gasteiger partial charge in [0.1, 0.15) is 29.0 Å². The minimum absolute atomic E-state index is 0.0382. The molecule has 1 N–H and O–H groups in total. The smallest absolute Gasteiger partial charge is 0.306 e. The molecule has 3 rings (SSSR count).